The van der Waals surface area contributed by atoms with E-state index in [1.54, 1.807) is 0 Å². The molecule has 1 N–H and O–H groups in total. The molecule has 0 fully saturated rings. The molecule has 0 aromatic heterocycles. The molecule has 3 rings (SSSR count). The summed E-state index contributed by atoms with van der Waals surface area (Å²) < 4.78 is 0. The lowest BCUT2D eigenvalue weighted by Gasteiger charge is -2.25. The van der Waals surface area contributed by atoms with Crippen LogP contribution in [0.1, 0.15) is 23.5 Å². The minimum Gasteiger partial charge on any atom is -0.371 e. The van der Waals surface area contributed by atoms with Crippen LogP contribution in [0.5, 0.6) is 0 Å². The molecule has 3 heteroatoms. The fraction of sp³-hybridized carbons (Fsp3) is 0.462. The van der Waals surface area contributed by atoms with Gasteiger partial charge < -0.3 is 5.32 Å². The minimum absolute atomic E-state index is 0.513. The van der Waals surface area contributed by atoms with Gasteiger partial charge in [0, 0.05) is 17.4 Å². The molecule has 0 saturated carbocycles. The largest absolute Gasteiger partial charge is 0.371 e. The minimum atomic E-state index is 0.513. The Morgan fingerprint density at radius 1 is 1.44 bits per heavy atom. The molecule has 2 nitrogen and oxygen atoms in total. The molecule has 0 spiro atoms. The Labute approximate surface area is 101 Å². The number of benzene rings is 1. The first-order valence-electron chi connectivity index (χ1n) is 5.86. The van der Waals surface area contributed by atoms with Gasteiger partial charge in [0.25, 0.3) is 0 Å². The summed E-state index contributed by atoms with van der Waals surface area (Å²) in [7, 11) is 0. The van der Waals surface area contributed by atoms with Gasteiger partial charge >= 0.3 is 0 Å². The van der Waals surface area contributed by atoms with Crippen molar-refractivity contribution in [1.29, 1.82) is 0 Å². The van der Waals surface area contributed by atoms with Gasteiger partial charge in [-0.15, -0.1) is 11.8 Å². The maximum Gasteiger partial charge on any atom is 0.104 e. The molecule has 1 aromatic rings. The zero-order chi connectivity index (χ0) is 11.0. The summed E-state index contributed by atoms with van der Waals surface area (Å²) in [6.07, 6.45) is 1.21. The Kier molecular flexibility index (Phi) is 2.64. The number of hydrogen-bond donors (Lipinski definition) is 1. The number of fused-ring (bicyclic) bond motifs is 1. The van der Waals surface area contributed by atoms with E-state index in [1.165, 1.54) is 34.0 Å². The van der Waals surface area contributed by atoms with Gasteiger partial charge in [-0.2, -0.15) is 0 Å². The van der Waals surface area contributed by atoms with Crippen LogP contribution in [0, 0.1) is 6.92 Å². The van der Waals surface area contributed by atoms with E-state index in [2.05, 4.69) is 35.4 Å². The third-order valence-electron chi connectivity index (χ3n) is 3.24. The Morgan fingerprint density at radius 2 is 2.38 bits per heavy atom. The van der Waals surface area contributed by atoms with Crippen molar-refractivity contribution in [3.63, 3.8) is 0 Å². The fourth-order valence-corrected chi connectivity index (χ4v) is 3.65. The third-order valence-corrected chi connectivity index (χ3v) is 4.34. The predicted molar refractivity (Wildman–Crippen MR) is 69.6 cm³/mol. The summed E-state index contributed by atoms with van der Waals surface area (Å²) >= 11 is 1.98. The number of nitrogens with one attached hydrogen (secondary N) is 1. The standard InChI is InChI=1S/C13H16N2S/c1-9-2-3-10-11(13-14-5-6-15-13)4-7-16-12(10)8-9/h2-3,8,11H,4-7H2,1H3,(H,14,15). The summed E-state index contributed by atoms with van der Waals surface area (Å²) in [5, 5.41) is 3.42. The van der Waals surface area contributed by atoms with E-state index in [-0.39, 0.29) is 0 Å². The zero-order valence-electron chi connectivity index (χ0n) is 9.49. The average molecular weight is 232 g/mol. The lowest BCUT2D eigenvalue weighted by atomic mass is 9.94. The smallest absolute Gasteiger partial charge is 0.104 e. The lowest BCUT2D eigenvalue weighted by Crippen LogP contribution is -2.27. The average Bonchev–Trinajstić information content (AvgIpc) is 2.81. The van der Waals surface area contributed by atoms with E-state index in [9.17, 15) is 0 Å². The lowest BCUT2D eigenvalue weighted by molar-refractivity contribution is 0.791. The highest BCUT2D eigenvalue weighted by Crippen LogP contribution is 2.38. The van der Waals surface area contributed by atoms with Gasteiger partial charge in [-0.1, -0.05) is 12.1 Å². The van der Waals surface area contributed by atoms with Crippen LogP contribution < -0.4 is 5.32 Å². The highest BCUT2D eigenvalue weighted by atomic mass is 32.2. The molecular weight excluding hydrogens is 216 g/mol. The van der Waals surface area contributed by atoms with Crippen molar-refractivity contribution < 1.29 is 0 Å². The summed E-state index contributed by atoms with van der Waals surface area (Å²) in [6, 6.07) is 6.80. The van der Waals surface area contributed by atoms with Crippen molar-refractivity contribution >= 4 is 17.6 Å². The maximum atomic E-state index is 4.58. The van der Waals surface area contributed by atoms with E-state index in [1.807, 2.05) is 11.8 Å². The number of aliphatic imine (C=N–C) groups is 1. The quantitative estimate of drug-likeness (QED) is 0.805. The molecule has 0 radical (unpaired) electrons. The number of amidine groups is 1. The molecule has 2 aliphatic heterocycles. The second-order valence-electron chi connectivity index (χ2n) is 4.42. The fourth-order valence-electron chi connectivity index (χ4n) is 2.43. The topological polar surface area (TPSA) is 24.4 Å². The first-order valence-corrected chi connectivity index (χ1v) is 6.85. The summed E-state index contributed by atoms with van der Waals surface area (Å²) in [5.74, 6) is 2.94. The van der Waals surface area contributed by atoms with E-state index in [4.69, 9.17) is 0 Å². The van der Waals surface area contributed by atoms with Crippen molar-refractivity contribution in [1.82, 2.24) is 5.32 Å². The molecule has 0 bridgehead atoms. The maximum absolute atomic E-state index is 4.58. The number of rotatable bonds is 1. The van der Waals surface area contributed by atoms with Crippen molar-refractivity contribution in [2.24, 2.45) is 4.99 Å². The summed E-state index contributed by atoms with van der Waals surface area (Å²) in [6.45, 7) is 4.12. The molecule has 2 heterocycles. The van der Waals surface area contributed by atoms with Crippen LogP contribution in [0.15, 0.2) is 28.1 Å². The first-order chi connectivity index (χ1) is 7.84. The van der Waals surface area contributed by atoms with Gasteiger partial charge in [-0.3, -0.25) is 4.99 Å². The second kappa shape index (κ2) is 4.13. The van der Waals surface area contributed by atoms with Gasteiger partial charge in [0.15, 0.2) is 0 Å². The van der Waals surface area contributed by atoms with Crippen molar-refractivity contribution in [3.8, 4) is 0 Å². The van der Waals surface area contributed by atoms with Crippen LogP contribution in [0.4, 0.5) is 0 Å². The number of aryl methyl sites for hydroxylation is 1. The molecule has 0 aliphatic carbocycles. The van der Waals surface area contributed by atoms with Crippen molar-refractivity contribution in [2.45, 2.75) is 24.2 Å². The molecule has 0 amide bonds. The number of nitrogens with zero attached hydrogens (tertiary/aromatic N) is 1. The number of hydrogen-bond acceptors (Lipinski definition) is 3. The molecule has 84 valence electrons. The van der Waals surface area contributed by atoms with Gasteiger partial charge in [0.2, 0.25) is 0 Å². The Balaban J connectivity index is 1.99. The highest BCUT2D eigenvalue weighted by molar-refractivity contribution is 7.99. The Bertz CT molecular complexity index is 440. The molecule has 16 heavy (non-hydrogen) atoms. The first kappa shape index (κ1) is 10.2. The van der Waals surface area contributed by atoms with Crippen LogP contribution in [-0.4, -0.2) is 24.7 Å². The van der Waals surface area contributed by atoms with Gasteiger partial charge in [0.1, 0.15) is 5.84 Å². The Morgan fingerprint density at radius 3 is 3.19 bits per heavy atom. The summed E-state index contributed by atoms with van der Waals surface area (Å²) in [5.41, 5.74) is 2.82. The van der Waals surface area contributed by atoms with Crippen LogP contribution in [-0.2, 0) is 0 Å². The van der Waals surface area contributed by atoms with E-state index >= 15 is 0 Å². The van der Waals surface area contributed by atoms with Crippen LogP contribution in [0.3, 0.4) is 0 Å². The Hall–Kier alpha value is -0.960. The second-order valence-corrected chi connectivity index (χ2v) is 5.56. The molecular formula is C13H16N2S. The number of thioether (sulfide) groups is 1. The summed E-state index contributed by atoms with van der Waals surface area (Å²) in [4.78, 5) is 6.03. The zero-order valence-corrected chi connectivity index (χ0v) is 10.3. The van der Waals surface area contributed by atoms with Gasteiger partial charge in [0.05, 0.1) is 6.54 Å². The SMILES string of the molecule is Cc1ccc2c(c1)SCCC2C1=NCCN1. The normalized spacial score (nSPS) is 23.6. The molecule has 0 saturated heterocycles. The van der Waals surface area contributed by atoms with Crippen molar-refractivity contribution in [3.05, 3.63) is 29.3 Å². The van der Waals surface area contributed by atoms with Crippen molar-refractivity contribution in [2.75, 3.05) is 18.8 Å². The van der Waals surface area contributed by atoms with Gasteiger partial charge in [-0.25, -0.2) is 0 Å². The van der Waals surface area contributed by atoms with Crippen LogP contribution >= 0.6 is 11.8 Å². The third kappa shape index (κ3) is 1.73. The van der Waals surface area contributed by atoms with Crippen LogP contribution in [0.2, 0.25) is 0 Å². The van der Waals surface area contributed by atoms with Gasteiger partial charge in [-0.05, 0) is 36.3 Å². The predicted octanol–water partition coefficient (Wildman–Crippen LogP) is 2.58. The monoisotopic (exact) mass is 232 g/mol. The van der Waals surface area contributed by atoms with E-state index in [0.717, 1.165) is 13.1 Å². The molecule has 2 aliphatic rings. The van der Waals surface area contributed by atoms with E-state index in [0.29, 0.717) is 5.92 Å². The molecule has 1 atom stereocenters. The molecule has 1 aromatic carbocycles. The van der Waals surface area contributed by atoms with E-state index < -0.39 is 0 Å². The highest BCUT2D eigenvalue weighted by Gasteiger charge is 2.26. The van der Waals surface area contributed by atoms with Crippen LogP contribution in [0.25, 0.3) is 0 Å². The molecule has 1 unspecified atom stereocenters.